The number of rotatable bonds is 3. The van der Waals surface area contributed by atoms with Crippen LogP contribution in [0.25, 0.3) is 10.9 Å². The number of pyridine rings is 1. The van der Waals surface area contributed by atoms with E-state index >= 15 is 0 Å². The van der Waals surface area contributed by atoms with E-state index in [1.165, 1.54) is 7.11 Å². The fourth-order valence-electron chi connectivity index (χ4n) is 1.81. The fourth-order valence-corrected chi connectivity index (χ4v) is 1.81. The van der Waals surface area contributed by atoms with Gasteiger partial charge in [0.25, 0.3) is 5.56 Å². The number of aromatic nitrogens is 1. The first-order chi connectivity index (χ1) is 8.69. The Kier molecular flexibility index (Phi) is 3.32. The molecule has 1 heterocycles. The van der Waals surface area contributed by atoms with Gasteiger partial charge in [-0.1, -0.05) is 12.1 Å². The number of aromatic amines is 1. The Bertz CT molecular complexity index is 645. The highest BCUT2D eigenvalue weighted by atomic mass is 16.5. The number of carbonyl (C=O) groups excluding carboxylic acids is 1. The molecule has 0 amide bonds. The lowest BCUT2D eigenvalue weighted by Gasteiger charge is -2.10. The first kappa shape index (κ1) is 12.2. The van der Waals surface area contributed by atoms with Gasteiger partial charge in [-0.2, -0.15) is 0 Å². The molecule has 0 saturated carbocycles. The van der Waals surface area contributed by atoms with Crippen LogP contribution in [0.1, 0.15) is 17.3 Å². The molecule has 0 aliphatic carbocycles. The zero-order valence-corrected chi connectivity index (χ0v) is 10.1. The van der Waals surface area contributed by atoms with E-state index in [1.54, 1.807) is 31.2 Å². The van der Waals surface area contributed by atoms with Crippen molar-refractivity contribution in [3.05, 3.63) is 40.2 Å². The number of benzene rings is 1. The molecular weight excluding hydrogens is 234 g/mol. The summed E-state index contributed by atoms with van der Waals surface area (Å²) in [6.07, 6.45) is 0. The number of para-hydroxylation sites is 1. The summed E-state index contributed by atoms with van der Waals surface area (Å²) in [5, 5.41) is 0.669. The molecule has 18 heavy (non-hydrogen) atoms. The number of methoxy groups -OCH3 is 1. The Hall–Kier alpha value is -2.30. The molecular formula is C13H13NO4. The highest BCUT2D eigenvalue weighted by molar-refractivity contribution is 5.99. The number of carbonyl (C=O) groups is 1. The van der Waals surface area contributed by atoms with Crippen molar-refractivity contribution < 1.29 is 14.3 Å². The highest BCUT2D eigenvalue weighted by Crippen LogP contribution is 2.26. The highest BCUT2D eigenvalue weighted by Gasteiger charge is 2.20. The van der Waals surface area contributed by atoms with Crippen LogP contribution in [0.2, 0.25) is 0 Å². The Labute approximate surface area is 103 Å². The predicted molar refractivity (Wildman–Crippen MR) is 67.1 cm³/mol. The van der Waals surface area contributed by atoms with Crippen molar-refractivity contribution >= 4 is 16.9 Å². The third-order valence-electron chi connectivity index (χ3n) is 2.56. The van der Waals surface area contributed by atoms with E-state index in [4.69, 9.17) is 9.47 Å². The van der Waals surface area contributed by atoms with Crippen molar-refractivity contribution in [2.45, 2.75) is 6.92 Å². The van der Waals surface area contributed by atoms with E-state index in [9.17, 15) is 9.59 Å². The van der Waals surface area contributed by atoms with Gasteiger partial charge in [0.1, 0.15) is 5.75 Å². The van der Waals surface area contributed by atoms with Gasteiger partial charge in [-0.05, 0) is 19.1 Å². The molecule has 0 bridgehead atoms. The number of esters is 1. The number of fused-ring (bicyclic) bond motifs is 1. The second kappa shape index (κ2) is 4.91. The minimum atomic E-state index is -0.679. The third-order valence-corrected chi connectivity index (χ3v) is 2.56. The van der Waals surface area contributed by atoms with Gasteiger partial charge in [-0.25, -0.2) is 4.79 Å². The van der Waals surface area contributed by atoms with Crippen LogP contribution in [0.4, 0.5) is 0 Å². The van der Waals surface area contributed by atoms with Crippen molar-refractivity contribution in [1.29, 1.82) is 0 Å². The molecule has 94 valence electrons. The summed E-state index contributed by atoms with van der Waals surface area (Å²) >= 11 is 0. The fraction of sp³-hybridized carbons (Fsp3) is 0.231. The monoisotopic (exact) mass is 247 g/mol. The SMILES string of the molecule is CCOC(=O)c1c(OC)c2ccccc2[nH]c1=O. The molecule has 2 aromatic rings. The summed E-state index contributed by atoms with van der Waals surface area (Å²) in [5.41, 5.74) is 0.00875. The summed E-state index contributed by atoms with van der Waals surface area (Å²) < 4.78 is 10.0. The molecule has 0 aliphatic rings. The summed E-state index contributed by atoms with van der Waals surface area (Å²) in [6.45, 7) is 1.88. The van der Waals surface area contributed by atoms with E-state index < -0.39 is 11.5 Å². The van der Waals surface area contributed by atoms with E-state index in [0.717, 1.165) is 0 Å². The predicted octanol–water partition coefficient (Wildman–Crippen LogP) is 1.71. The summed E-state index contributed by atoms with van der Waals surface area (Å²) in [5.74, 6) is -0.436. The lowest BCUT2D eigenvalue weighted by molar-refractivity contribution is 0.0521. The lowest BCUT2D eigenvalue weighted by atomic mass is 10.1. The normalized spacial score (nSPS) is 10.3. The average molecular weight is 247 g/mol. The van der Waals surface area contributed by atoms with Crippen LogP contribution in [0.5, 0.6) is 5.75 Å². The molecule has 2 rings (SSSR count). The number of ether oxygens (including phenoxy) is 2. The minimum Gasteiger partial charge on any atom is -0.495 e. The first-order valence-electron chi connectivity index (χ1n) is 5.55. The Morgan fingerprint density at radius 2 is 2.06 bits per heavy atom. The van der Waals surface area contributed by atoms with Crippen molar-refractivity contribution in [3.8, 4) is 5.75 Å². The molecule has 0 fully saturated rings. The van der Waals surface area contributed by atoms with Crippen molar-refractivity contribution in [1.82, 2.24) is 4.98 Å². The van der Waals surface area contributed by atoms with Gasteiger partial charge in [0.05, 0.1) is 19.2 Å². The molecule has 1 N–H and O–H groups in total. The van der Waals surface area contributed by atoms with Crippen LogP contribution in [-0.2, 0) is 4.74 Å². The number of hydrogen-bond acceptors (Lipinski definition) is 4. The quantitative estimate of drug-likeness (QED) is 0.838. The first-order valence-corrected chi connectivity index (χ1v) is 5.55. The van der Waals surface area contributed by atoms with Gasteiger partial charge in [0.15, 0.2) is 5.56 Å². The summed E-state index contributed by atoms with van der Waals surface area (Å²) in [6, 6.07) is 7.11. The largest absolute Gasteiger partial charge is 0.495 e. The van der Waals surface area contributed by atoms with Gasteiger partial charge in [0.2, 0.25) is 0 Å². The standard InChI is InChI=1S/C13H13NO4/c1-3-18-13(16)10-11(17-2)8-6-4-5-7-9(8)14-12(10)15/h4-7H,3H2,1-2H3,(H,14,15). The van der Waals surface area contributed by atoms with Gasteiger partial charge in [-0.15, -0.1) is 0 Å². The third kappa shape index (κ3) is 1.95. The number of nitrogens with one attached hydrogen (secondary N) is 1. The van der Waals surface area contributed by atoms with E-state index in [1.807, 2.05) is 0 Å². The zero-order valence-electron chi connectivity index (χ0n) is 10.1. The molecule has 5 heteroatoms. The average Bonchev–Trinajstić information content (AvgIpc) is 2.37. The van der Waals surface area contributed by atoms with E-state index in [2.05, 4.69) is 4.98 Å². The van der Waals surface area contributed by atoms with Crippen molar-refractivity contribution in [2.75, 3.05) is 13.7 Å². The van der Waals surface area contributed by atoms with Gasteiger partial charge < -0.3 is 14.5 Å². The minimum absolute atomic E-state index is 0.0990. The second-order valence-corrected chi connectivity index (χ2v) is 3.63. The van der Waals surface area contributed by atoms with Gasteiger partial charge in [0, 0.05) is 5.39 Å². The Morgan fingerprint density at radius 3 is 2.72 bits per heavy atom. The molecule has 0 atom stereocenters. The van der Waals surface area contributed by atoms with E-state index in [0.29, 0.717) is 10.9 Å². The van der Waals surface area contributed by atoms with Crippen LogP contribution < -0.4 is 10.3 Å². The number of H-pyrrole nitrogens is 1. The maximum absolute atomic E-state index is 11.9. The van der Waals surface area contributed by atoms with Gasteiger partial charge in [-0.3, -0.25) is 4.79 Å². The Morgan fingerprint density at radius 1 is 1.33 bits per heavy atom. The summed E-state index contributed by atoms with van der Waals surface area (Å²) in [4.78, 5) is 26.3. The molecule has 0 unspecified atom stereocenters. The molecule has 1 aromatic heterocycles. The smallest absolute Gasteiger partial charge is 0.347 e. The topological polar surface area (TPSA) is 68.4 Å². The molecule has 0 spiro atoms. The van der Waals surface area contributed by atoms with Crippen molar-refractivity contribution in [2.24, 2.45) is 0 Å². The van der Waals surface area contributed by atoms with Crippen LogP contribution in [-0.4, -0.2) is 24.7 Å². The van der Waals surface area contributed by atoms with Crippen LogP contribution in [0, 0.1) is 0 Å². The molecule has 1 aromatic carbocycles. The van der Waals surface area contributed by atoms with Crippen molar-refractivity contribution in [3.63, 3.8) is 0 Å². The lowest BCUT2D eigenvalue weighted by Crippen LogP contribution is -2.21. The molecule has 0 radical (unpaired) electrons. The van der Waals surface area contributed by atoms with Gasteiger partial charge >= 0.3 is 5.97 Å². The maximum atomic E-state index is 11.9. The van der Waals surface area contributed by atoms with Crippen LogP contribution >= 0.6 is 0 Å². The number of hydrogen-bond donors (Lipinski definition) is 1. The molecule has 0 saturated heterocycles. The zero-order chi connectivity index (χ0) is 13.1. The molecule has 0 aliphatic heterocycles. The van der Waals surface area contributed by atoms with Crippen LogP contribution in [0.3, 0.4) is 0 Å². The second-order valence-electron chi connectivity index (χ2n) is 3.63. The maximum Gasteiger partial charge on any atom is 0.347 e. The van der Waals surface area contributed by atoms with Crippen LogP contribution in [0.15, 0.2) is 29.1 Å². The van der Waals surface area contributed by atoms with E-state index in [-0.39, 0.29) is 17.9 Å². The summed E-state index contributed by atoms with van der Waals surface area (Å²) in [7, 11) is 1.42. The molecule has 5 nitrogen and oxygen atoms in total. The Balaban J connectivity index is 2.76.